The quantitative estimate of drug-likeness (QED) is 0.865. The molecule has 1 saturated heterocycles. The molecule has 1 aromatic heterocycles. The lowest BCUT2D eigenvalue weighted by Gasteiger charge is -2.31. The number of nitrogens with one attached hydrogen (secondary N) is 1. The van der Waals surface area contributed by atoms with Crippen molar-refractivity contribution in [1.82, 2.24) is 19.8 Å². The standard InChI is InChI=1S/C15H26N4OS/c1-12(21-3)10-17-15(20)13-4-7-19(8-5-13)11-14-16-6-9-18(14)2/h6,9,12-13H,4-5,7-8,10-11H2,1-3H3,(H,17,20). The van der Waals surface area contributed by atoms with E-state index in [1.54, 1.807) is 11.8 Å². The predicted molar refractivity (Wildman–Crippen MR) is 87.2 cm³/mol. The molecule has 0 aliphatic carbocycles. The number of imidazole rings is 1. The first-order valence-corrected chi connectivity index (χ1v) is 8.88. The minimum atomic E-state index is 0.177. The zero-order valence-corrected chi connectivity index (χ0v) is 14.0. The van der Waals surface area contributed by atoms with Crippen molar-refractivity contribution in [2.24, 2.45) is 13.0 Å². The summed E-state index contributed by atoms with van der Waals surface area (Å²) in [6.07, 6.45) is 7.78. The molecule has 1 amide bonds. The van der Waals surface area contributed by atoms with E-state index in [4.69, 9.17) is 0 Å². The second-order valence-electron chi connectivity index (χ2n) is 5.80. The van der Waals surface area contributed by atoms with Gasteiger partial charge in [0.2, 0.25) is 5.91 Å². The normalized spacial score (nSPS) is 18.6. The average molecular weight is 310 g/mol. The van der Waals surface area contributed by atoms with Crippen molar-refractivity contribution < 1.29 is 4.79 Å². The van der Waals surface area contributed by atoms with Gasteiger partial charge in [-0.2, -0.15) is 11.8 Å². The van der Waals surface area contributed by atoms with Crippen LogP contribution in [0.4, 0.5) is 0 Å². The Hall–Kier alpha value is -1.01. The summed E-state index contributed by atoms with van der Waals surface area (Å²) in [5.41, 5.74) is 0. The molecule has 21 heavy (non-hydrogen) atoms. The van der Waals surface area contributed by atoms with Crippen LogP contribution in [0.1, 0.15) is 25.6 Å². The summed E-state index contributed by atoms with van der Waals surface area (Å²) in [6.45, 7) is 5.74. The molecule has 1 atom stereocenters. The van der Waals surface area contributed by atoms with Crippen LogP contribution in [0.15, 0.2) is 12.4 Å². The van der Waals surface area contributed by atoms with Gasteiger partial charge in [0.05, 0.1) is 6.54 Å². The Morgan fingerprint density at radius 3 is 2.81 bits per heavy atom. The van der Waals surface area contributed by atoms with Crippen molar-refractivity contribution in [2.45, 2.75) is 31.6 Å². The molecule has 0 saturated carbocycles. The largest absolute Gasteiger partial charge is 0.355 e. The minimum absolute atomic E-state index is 0.177. The highest BCUT2D eigenvalue weighted by Gasteiger charge is 2.25. The number of rotatable bonds is 6. The number of nitrogens with zero attached hydrogens (tertiary/aromatic N) is 3. The molecular weight excluding hydrogens is 284 g/mol. The summed E-state index contributed by atoms with van der Waals surface area (Å²) in [4.78, 5) is 18.9. The number of aryl methyl sites for hydroxylation is 1. The monoisotopic (exact) mass is 310 g/mol. The van der Waals surface area contributed by atoms with E-state index >= 15 is 0 Å². The Balaban J connectivity index is 1.73. The summed E-state index contributed by atoms with van der Waals surface area (Å²) < 4.78 is 2.06. The molecule has 1 aliphatic rings. The fourth-order valence-electron chi connectivity index (χ4n) is 2.57. The maximum Gasteiger partial charge on any atom is 0.223 e. The summed E-state index contributed by atoms with van der Waals surface area (Å²) in [5, 5.41) is 3.56. The lowest BCUT2D eigenvalue weighted by molar-refractivity contribution is -0.126. The van der Waals surface area contributed by atoms with Crippen molar-refractivity contribution in [3.63, 3.8) is 0 Å². The number of thioether (sulfide) groups is 1. The molecule has 6 heteroatoms. The second kappa shape index (κ2) is 7.84. The highest BCUT2D eigenvalue weighted by atomic mass is 32.2. The fraction of sp³-hybridized carbons (Fsp3) is 0.733. The molecule has 0 aromatic carbocycles. The van der Waals surface area contributed by atoms with Crippen LogP contribution in [0.3, 0.4) is 0 Å². The zero-order chi connectivity index (χ0) is 15.2. The number of piperidine rings is 1. The molecule has 1 aromatic rings. The molecular formula is C15H26N4OS. The van der Waals surface area contributed by atoms with Crippen LogP contribution in [-0.2, 0) is 18.4 Å². The molecule has 1 N–H and O–H groups in total. The van der Waals surface area contributed by atoms with E-state index in [2.05, 4.69) is 32.9 Å². The van der Waals surface area contributed by atoms with Crippen molar-refractivity contribution >= 4 is 17.7 Å². The van der Waals surface area contributed by atoms with Crippen LogP contribution in [0, 0.1) is 5.92 Å². The van der Waals surface area contributed by atoms with Gasteiger partial charge < -0.3 is 9.88 Å². The number of hydrogen-bond donors (Lipinski definition) is 1. The third-order valence-corrected chi connectivity index (χ3v) is 5.18. The van der Waals surface area contributed by atoms with Gasteiger partial charge in [-0.3, -0.25) is 9.69 Å². The maximum atomic E-state index is 12.1. The van der Waals surface area contributed by atoms with Crippen molar-refractivity contribution in [2.75, 3.05) is 25.9 Å². The second-order valence-corrected chi connectivity index (χ2v) is 7.07. The number of hydrogen-bond acceptors (Lipinski definition) is 4. The Bertz CT molecular complexity index is 454. The van der Waals surface area contributed by atoms with Crippen LogP contribution in [-0.4, -0.2) is 51.5 Å². The van der Waals surface area contributed by atoms with Gasteiger partial charge in [0.25, 0.3) is 0 Å². The lowest BCUT2D eigenvalue weighted by Crippen LogP contribution is -2.41. The van der Waals surface area contributed by atoms with Crippen LogP contribution in [0.25, 0.3) is 0 Å². The van der Waals surface area contributed by atoms with Gasteiger partial charge in [0, 0.05) is 37.2 Å². The molecule has 118 valence electrons. The van der Waals surface area contributed by atoms with E-state index in [0.717, 1.165) is 44.8 Å². The van der Waals surface area contributed by atoms with Gasteiger partial charge >= 0.3 is 0 Å². The zero-order valence-electron chi connectivity index (χ0n) is 13.2. The van der Waals surface area contributed by atoms with E-state index in [-0.39, 0.29) is 11.8 Å². The van der Waals surface area contributed by atoms with Gasteiger partial charge in [0.15, 0.2) is 0 Å². The molecule has 5 nitrogen and oxygen atoms in total. The number of amides is 1. The van der Waals surface area contributed by atoms with Crippen molar-refractivity contribution in [3.8, 4) is 0 Å². The third kappa shape index (κ3) is 4.74. The van der Waals surface area contributed by atoms with Gasteiger partial charge in [-0.1, -0.05) is 6.92 Å². The fourth-order valence-corrected chi connectivity index (χ4v) is 2.82. The van der Waals surface area contributed by atoms with Gasteiger partial charge in [-0.25, -0.2) is 4.98 Å². The van der Waals surface area contributed by atoms with E-state index in [9.17, 15) is 4.79 Å². The molecule has 1 aliphatic heterocycles. The van der Waals surface area contributed by atoms with Crippen LogP contribution in [0.5, 0.6) is 0 Å². The van der Waals surface area contributed by atoms with E-state index in [1.165, 1.54) is 0 Å². The Morgan fingerprint density at radius 2 is 2.24 bits per heavy atom. The summed E-state index contributed by atoms with van der Waals surface area (Å²) in [5.74, 6) is 1.50. The molecule has 2 rings (SSSR count). The summed E-state index contributed by atoms with van der Waals surface area (Å²) in [7, 11) is 2.02. The smallest absolute Gasteiger partial charge is 0.223 e. The third-order valence-electron chi connectivity index (χ3n) is 4.21. The first kappa shape index (κ1) is 16.4. The topological polar surface area (TPSA) is 50.2 Å². The SMILES string of the molecule is CSC(C)CNC(=O)C1CCN(Cc2nccn2C)CC1. The van der Waals surface area contributed by atoms with Crippen LogP contribution >= 0.6 is 11.8 Å². The minimum Gasteiger partial charge on any atom is -0.355 e. The van der Waals surface area contributed by atoms with E-state index < -0.39 is 0 Å². The summed E-state index contributed by atoms with van der Waals surface area (Å²) in [6, 6.07) is 0. The average Bonchev–Trinajstić information content (AvgIpc) is 2.90. The summed E-state index contributed by atoms with van der Waals surface area (Å²) >= 11 is 1.79. The molecule has 0 radical (unpaired) electrons. The van der Waals surface area contributed by atoms with E-state index in [1.807, 2.05) is 19.4 Å². The van der Waals surface area contributed by atoms with Crippen LogP contribution < -0.4 is 5.32 Å². The first-order valence-electron chi connectivity index (χ1n) is 7.59. The maximum absolute atomic E-state index is 12.1. The molecule has 0 bridgehead atoms. The lowest BCUT2D eigenvalue weighted by atomic mass is 9.96. The number of carbonyl (C=O) groups excluding carboxylic acids is 1. The highest BCUT2D eigenvalue weighted by Crippen LogP contribution is 2.19. The van der Waals surface area contributed by atoms with Gasteiger partial charge in [-0.05, 0) is 32.2 Å². The molecule has 0 spiro atoms. The van der Waals surface area contributed by atoms with Gasteiger partial charge in [0.1, 0.15) is 5.82 Å². The Labute approximate surface area is 131 Å². The van der Waals surface area contributed by atoms with Crippen molar-refractivity contribution in [3.05, 3.63) is 18.2 Å². The Kier molecular flexibility index (Phi) is 6.11. The number of carbonyl (C=O) groups is 1. The van der Waals surface area contributed by atoms with Crippen LogP contribution in [0.2, 0.25) is 0 Å². The highest BCUT2D eigenvalue weighted by molar-refractivity contribution is 7.99. The molecule has 1 unspecified atom stereocenters. The van der Waals surface area contributed by atoms with Gasteiger partial charge in [-0.15, -0.1) is 0 Å². The Morgan fingerprint density at radius 1 is 1.52 bits per heavy atom. The molecule has 2 heterocycles. The number of likely N-dealkylation sites (tertiary alicyclic amines) is 1. The van der Waals surface area contributed by atoms with E-state index in [0.29, 0.717) is 5.25 Å². The predicted octanol–water partition coefficient (Wildman–Crippen LogP) is 1.50. The van der Waals surface area contributed by atoms with Crippen molar-refractivity contribution in [1.29, 1.82) is 0 Å². The molecule has 1 fully saturated rings. The first-order chi connectivity index (χ1) is 10.1. The number of aromatic nitrogens is 2.